The van der Waals surface area contributed by atoms with Crippen LogP contribution in [0.1, 0.15) is 58.1 Å². The van der Waals surface area contributed by atoms with Gasteiger partial charge in [0.15, 0.2) is 0 Å². The second-order valence-corrected chi connectivity index (χ2v) is 12.4. The Labute approximate surface area is 248 Å². The first-order chi connectivity index (χ1) is 20.0. The molecule has 9 heteroatoms. The first kappa shape index (κ1) is 30.0. The minimum Gasteiger partial charge on any atom is -0.494 e. The molecule has 3 aliphatic rings. The van der Waals surface area contributed by atoms with Crippen molar-refractivity contribution >= 4 is 29.1 Å². The van der Waals surface area contributed by atoms with Crippen molar-refractivity contribution in [3.8, 4) is 5.75 Å². The molecule has 3 N–H and O–H groups in total. The minimum absolute atomic E-state index is 0.0749. The van der Waals surface area contributed by atoms with Crippen molar-refractivity contribution < 1.29 is 29.0 Å². The van der Waals surface area contributed by atoms with Crippen LogP contribution in [0.25, 0.3) is 0 Å². The monoisotopic (exact) mass is 577 g/mol. The van der Waals surface area contributed by atoms with Crippen LogP contribution in [0, 0.1) is 31.6 Å². The summed E-state index contributed by atoms with van der Waals surface area (Å²) in [6.45, 7) is 11.9. The van der Waals surface area contributed by atoms with Crippen molar-refractivity contribution in [3.05, 3.63) is 53.6 Å². The molecule has 0 aliphatic carbocycles. The van der Waals surface area contributed by atoms with Crippen LogP contribution in [-0.2, 0) is 19.1 Å². The molecule has 2 aromatic carbocycles. The zero-order chi connectivity index (χ0) is 30.4. The van der Waals surface area contributed by atoms with E-state index >= 15 is 0 Å². The van der Waals surface area contributed by atoms with Crippen molar-refractivity contribution in [1.29, 1.82) is 0 Å². The highest BCUT2D eigenvalue weighted by atomic mass is 16.5. The van der Waals surface area contributed by atoms with Gasteiger partial charge in [0.1, 0.15) is 17.4 Å². The molecule has 42 heavy (non-hydrogen) atoms. The van der Waals surface area contributed by atoms with E-state index < -0.39 is 35.1 Å². The normalized spacial score (nSPS) is 29.3. The molecule has 0 aromatic heterocycles. The van der Waals surface area contributed by atoms with Gasteiger partial charge >= 0.3 is 0 Å². The predicted molar refractivity (Wildman–Crippen MR) is 160 cm³/mol. The van der Waals surface area contributed by atoms with Crippen LogP contribution < -0.4 is 15.4 Å². The van der Waals surface area contributed by atoms with E-state index in [0.29, 0.717) is 43.0 Å². The number of carbonyl (C=O) groups excluding carboxylic acids is 3. The van der Waals surface area contributed by atoms with Crippen LogP contribution in [0.15, 0.2) is 42.5 Å². The van der Waals surface area contributed by atoms with E-state index in [4.69, 9.17) is 9.47 Å². The summed E-state index contributed by atoms with van der Waals surface area (Å²) >= 11 is 0. The molecule has 3 fully saturated rings. The van der Waals surface area contributed by atoms with Gasteiger partial charge in [-0.05, 0) is 87.9 Å². The van der Waals surface area contributed by atoms with E-state index in [9.17, 15) is 19.5 Å². The van der Waals surface area contributed by atoms with Gasteiger partial charge in [-0.1, -0.05) is 32.4 Å². The molecule has 3 amide bonds. The second-order valence-electron chi connectivity index (χ2n) is 12.4. The molecule has 2 bridgehead atoms. The van der Waals surface area contributed by atoms with Crippen molar-refractivity contribution in [2.45, 2.75) is 84.1 Å². The largest absolute Gasteiger partial charge is 0.494 e. The first-order valence-electron chi connectivity index (χ1n) is 15.0. The molecule has 9 nitrogen and oxygen atoms in total. The standard InChI is InChI=1S/C33H43N3O6/c1-7-20(4)25(18-37)36-28(30(39)35-24-17-19(3)9-10-21(24)5)33-16-15-32(6,42-33)26(27(33)31(36)40)29(38)34-22-11-13-23(14-12-22)41-8-2/h9-14,17,20,25-28,37H,7-8,15-16,18H2,1-6H3,(H,34,38)(H,35,39)/t20-,25-,26-,27-,28?,32+,33?/m0/s1. The molecule has 1 spiro atoms. The number of likely N-dealkylation sites (tertiary alicyclic amines) is 1. The lowest BCUT2D eigenvalue weighted by Gasteiger charge is -2.39. The third-order valence-corrected chi connectivity index (χ3v) is 9.67. The van der Waals surface area contributed by atoms with E-state index in [0.717, 1.165) is 11.1 Å². The van der Waals surface area contributed by atoms with Gasteiger partial charge in [0.05, 0.1) is 36.7 Å². The van der Waals surface area contributed by atoms with Crippen molar-refractivity contribution in [2.75, 3.05) is 23.8 Å². The van der Waals surface area contributed by atoms with E-state index in [1.54, 1.807) is 29.2 Å². The van der Waals surface area contributed by atoms with Crippen LogP contribution in [-0.4, -0.2) is 64.2 Å². The number of carbonyl (C=O) groups is 3. The van der Waals surface area contributed by atoms with Gasteiger partial charge in [0, 0.05) is 11.4 Å². The van der Waals surface area contributed by atoms with Gasteiger partial charge in [-0.2, -0.15) is 0 Å². The summed E-state index contributed by atoms with van der Waals surface area (Å²) < 4.78 is 12.3. The number of benzene rings is 2. The van der Waals surface area contributed by atoms with E-state index in [1.807, 2.05) is 59.7 Å². The number of aryl methyl sites for hydroxylation is 2. The Bertz CT molecular complexity index is 1360. The van der Waals surface area contributed by atoms with Crippen LogP contribution in [0.4, 0.5) is 11.4 Å². The number of anilines is 2. The third kappa shape index (κ3) is 4.86. The Morgan fingerprint density at radius 3 is 2.45 bits per heavy atom. The Kier molecular flexibility index (Phi) is 8.11. The maximum absolute atomic E-state index is 14.5. The summed E-state index contributed by atoms with van der Waals surface area (Å²) in [6, 6.07) is 11.3. The van der Waals surface area contributed by atoms with Crippen molar-refractivity contribution in [2.24, 2.45) is 17.8 Å². The highest BCUT2D eigenvalue weighted by Gasteiger charge is 2.78. The molecule has 0 saturated carbocycles. The molecule has 5 rings (SSSR count). The number of fused-ring (bicyclic) bond motifs is 1. The number of ether oxygens (including phenoxy) is 2. The fourth-order valence-electron chi connectivity index (χ4n) is 7.33. The van der Waals surface area contributed by atoms with Crippen LogP contribution >= 0.6 is 0 Å². The van der Waals surface area contributed by atoms with E-state index in [-0.39, 0.29) is 30.2 Å². The smallest absolute Gasteiger partial charge is 0.250 e. The molecule has 226 valence electrons. The highest BCUT2D eigenvalue weighted by molar-refractivity contribution is 6.05. The third-order valence-electron chi connectivity index (χ3n) is 9.67. The lowest BCUT2D eigenvalue weighted by atomic mass is 9.66. The molecule has 3 heterocycles. The van der Waals surface area contributed by atoms with Crippen molar-refractivity contribution in [1.82, 2.24) is 4.90 Å². The molecule has 2 aromatic rings. The maximum Gasteiger partial charge on any atom is 0.250 e. The molecule has 7 atom stereocenters. The van der Waals surface area contributed by atoms with Crippen molar-refractivity contribution in [3.63, 3.8) is 0 Å². The summed E-state index contributed by atoms with van der Waals surface area (Å²) in [5.74, 6) is -2.03. The zero-order valence-corrected chi connectivity index (χ0v) is 25.4. The molecule has 0 radical (unpaired) electrons. The maximum atomic E-state index is 14.5. The Morgan fingerprint density at radius 1 is 1.10 bits per heavy atom. The minimum atomic E-state index is -1.19. The Hall–Kier alpha value is -3.43. The lowest BCUT2D eigenvalue weighted by Crippen LogP contribution is -2.57. The zero-order valence-electron chi connectivity index (χ0n) is 25.4. The summed E-state index contributed by atoms with van der Waals surface area (Å²) in [5, 5.41) is 16.6. The van der Waals surface area contributed by atoms with E-state index in [2.05, 4.69) is 10.6 Å². The highest BCUT2D eigenvalue weighted by Crippen LogP contribution is 2.63. The summed E-state index contributed by atoms with van der Waals surface area (Å²) in [5.41, 5.74) is 1.05. The van der Waals surface area contributed by atoms with Gasteiger partial charge in [-0.15, -0.1) is 0 Å². The molecular formula is C33H43N3O6. The molecular weight excluding hydrogens is 534 g/mol. The number of aliphatic hydroxyl groups excluding tert-OH is 1. The molecule has 3 aliphatic heterocycles. The van der Waals surface area contributed by atoms with Gasteiger partial charge < -0.3 is 30.1 Å². The van der Waals surface area contributed by atoms with Gasteiger partial charge in [-0.25, -0.2) is 0 Å². The fourth-order valence-corrected chi connectivity index (χ4v) is 7.33. The second kappa shape index (κ2) is 11.3. The average Bonchev–Trinajstić information content (AvgIpc) is 3.53. The lowest BCUT2D eigenvalue weighted by molar-refractivity contribution is -0.148. The molecule has 3 saturated heterocycles. The fraction of sp³-hybridized carbons (Fsp3) is 0.545. The number of rotatable bonds is 10. The number of amides is 3. The van der Waals surface area contributed by atoms with Gasteiger partial charge in [0.25, 0.3) is 0 Å². The number of hydrogen-bond acceptors (Lipinski definition) is 6. The first-order valence-corrected chi connectivity index (χ1v) is 15.0. The van der Waals surface area contributed by atoms with Crippen LogP contribution in [0.2, 0.25) is 0 Å². The van der Waals surface area contributed by atoms with Gasteiger partial charge in [-0.3, -0.25) is 14.4 Å². The average molecular weight is 578 g/mol. The Morgan fingerprint density at radius 2 is 1.81 bits per heavy atom. The Balaban J connectivity index is 1.52. The van der Waals surface area contributed by atoms with Crippen LogP contribution in [0.3, 0.4) is 0 Å². The van der Waals surface area contributed by atoms with E-state index in [1.165, 1.54) is 0 Å². The number of hydrogen-bond donors (Lipinski definition) is 3. The van der Waals surface area contributed by atoms with Gasteiger partial charge in [0.2, 0.25) is 17.7 Å². The molecule has 2 unspecified atom stereocenters. The number of nitrogens with zero attached hydrogens (tertiary/aromatic N) is 1. The number of aliphatic hydroxyl groups is 1. The quantitative estimate of drug-likeness (QED) is 0.384. The SMILES string of the molecule is CCOc1ccc(NC(=O)[C@@H]2[C@H]3C(=O)N([C@@H](CO)[C@@H](C)CC)C(C(=O)Nc4cc(C)ccc4C)C34CC[C@@]2(C)O4)cc1. The predicted octanol–water partition coefficient (Wildman–Crippen LogP) is 4.45. The summed E-state index contributed by atoms with van der Waals surface area (Å²) in [7, 11) is 0. The topological polar surface area (TPSA) is 117 Å². The van der Waals surface area contributed by atoms with Crippen LogP contribution in [0.5, 0.6) is 5.75 Å². The summed E-state index contributed by atoms with van der Waals surface area (Å²) in [6.07, 6.45) is 1.71. The number of nitrogens with one attached hydrogen (secondary N) is 2. The summed E-state index contributed by atoms with van der Waals surface area (Å²) in [4.78, 5) is 44.2.